The fraction of sp³-hybridized carbons (Fsp3) is 0.556. The van der Waals surface area contributed by atoms with E-state index in [1.807, 2.05) is 0 Å². The Morgan fingerprint density at radius 2 is 2.22 bits per heavy atom. The van der Waals surface area contributed by atoms with Crippen LogP contribution in [0.4, 0.5) is 5.13 Å². The Balaban J connectivity index is 2.89. The lowest BCUT2D eigenvalue weighted by molar-refractivity contribution is 0.319. The van der Waals surface area contributed by atoms with Crippen molar-refractivity contribution in [1.82, 2.24) is 9.29 Å². The van der Waals surface area contributed by atoms with Crippen LogP contribution in [-0.4, -0.2) is 41.7 Å². The second kappa shape index (κ2) is 5.63. The van der Waals surface area contributed by atoms with Crippen molar-refractivity contribution in [2.45, 2.75) is 26.8 Å². The van der Waals surface area contributed by atoms with Gasteiger partial charge in [-0.2, -0.15) is 12.7 Å². The fourth-order valence-electron chi connectivity index (χ4n) is 0.998. The van der Waals surface area contributed by atoms with E-state index in [1.54, 1.807) is 26.2 Å². The highest BCUT2D eigenvalue weighted by atomic mass is 32.2. The predicted octanol–water partition coefficient (Wildman–Crippen LogP) is 1.34. The zero-order valence-electron chi connectivity index (χ0n) is 10.6. The Morgan fingerprint density at radius 3 is 2.72 bits per heavy atom. The molecule has 0 bridgehead atoms. The van der Waals surface area contributed by atoms with Crippen molar-refractivity contribution in [2.75, 3.05) is 11.8 Å². The molecule has 2 N–H and O–H groups in total. The van der Waals surface area contributed by atoms with Crippen molar-refractivity contribution in [3.8, 4) is 0 Å². The first-order chi connectivity index (χ1) is 8.27. The van der Waals surface area contributed by atoms with Crippen LogP contribution in [0.2, 0.25) is 0 Å². The number of aromatic nitrogens is 1. The van der Waals surface area contributed by atoms with Gasteiger partial charge in [0.2, 0.25) is 0 Å². The van der Waals surface area contributed by atoms with E-state index in [-0.39, 0.29) is 11.2 Å². The predicted molar refractivity (Wildman–Crippen MR) is 71.6 cm³/mol. The number of nitrogens with zero attached hydrogens (tertiary/aromatic N) is 3. The van der Waals surface area contributed by atoms with Gasteiger partial charge in [-0.3, -0.25) is 0 Å². The maximum atomic E-state index is 11.9. The molecule has 0 fully saturated rings. The highest BCUT2D eigenvalue weighted by Gasteiger charge is 2.21. The van der Waals surface area contributed by atoms with Crippen molar-refractivity contribution in [3.05, 3.63) is 11.1 Å². The zero-order valence-corrected chi connectivity index (χ0v) is 12.2. The third-order valence-electron chi connectivity index (χ3n) is 2.35. The van der Waals surface area contributed by atoms with Crippen molar-refractivity contribution in [1.29, 1.82) is 0 Å². The van der Waals surface area contributed by atoms with Gasteiger partial charge in [0, 0.05) is 18.5 Å². The molecule has 0 aliphatic rings. The molecule has 18 heavy (non-hydrogen) atoms. The van der Waals surface area contributed by atoms with E-state index in [1.165, 1.54) is 11.4 Å². The van der Waals surface area contributed by atoms with E-state index in [0.717, 1.165) is 11.3 Å². The summed E-state index contributed by atoms with van der Waals surface area (Å²) in [5, 5.41) is 13.5. The molecule has 9 heteroatoms. The Labute approximate surface area is 110 Å². The molecule has 0 spiro atoms. The van der Waals surface area contributed by atoms with Gasteiger partial charge in [0.25, 0.3) is 0 Å². The molecule has 0 aliphatic carbocycles. The quantitative estimate of drug-likeness (QED) is 0.486. The summed E-state index contributed by atoms with van der Waals surface area (Å²) < 4.78 is 27.4. The second-order valence-electron chi connectivity index (χ2n) is 3.94. The second-order valence-corrected chi connectivity index (χ2v) is 6.53. The Kier molecular flexibility index (Phi) is 4.65. The van der Waals surface area contributed by atoms with Crippen LogP contribution < -0.4 is 4.72 Å². The number of anilines is 1. The van der Waals surface area contributed by atoms with E-state index < -0.39 is 10.2 Å². The average Bonchev–Trinajstić information content (AvgIpc) is 2.74. The lowest BCUT2D eigenvalue weighted by Crippen LogP contribution is -2.37. The lowest BCUT2D eigenvalue weighted by Gasteiger charge is -2.20. The van der Waals surface area contributed by atoms with E-state index in [0.29, 0.717) is 11.4 Å². The number of oxime groups is 1. The molecule has 0 saturated heterocycles. The molecule has 0 atom stereocenters. The Morgan fingerprint density at radius 1 is 1.61 bits per heavy atom. The molecule has 1 aromatic heterocycles. The van der Waals surface area contributed by atoms with Gasteiger partial charge in [-0.05, 0) is 20.8 Å². The molecule has 7 nitrogen and oxygen atoms in total. The molecule has 1 rings (SSSR count). The zero-order chi connectivity index (χ0) is 13.9. The smallest absolute Gasteiger partial charge is 0.303 e. The third kappa shape index (κ3) is 3.40. The summed E-state index contributed by atoms with van der Waals surface area (Å²) in [6.07, 6.45) is 0. The molecule has 1 heterocycles. The van der Waals surface area contributed by atoms with Crippen LogP contribution in [0.5, 0.6) is 0 Å². The van der Waals surface area contributed by atoms with Crippen LogP contribution >= 0.6 is 11.3 Å². The van der Waals surface area contributed by atoms with E-state index in [4.69, 9.17) is 5.21 Å². The molecule has 1 aromatic rings. The number of hydrogen-bond acceptors (Lipinski definition) is 6. The number of thiazole rings is 1. The van der Waals surface area contributed by atoms with Gasteiger partial charge in [0.15, 0.2) is 5.13 Å². The SMILES string of the molecule is CC(=NO)c1csc(NS(=O)(=O)N(C)C(C)C)n1. The van der Waals surface area contributed by atoms with Crippen LogP contribution in [0, 0.1) is 0 Å². The highest BCUT2D eigenvalue weighted by Crippen LogP contribution is 2.18. The molecule has 0 unspecified atom stereocenters. The van der Waals surface area contributed by atoms with Gasteiger partial charge in [-0.1, -0.05) is 5.16 Å². The lowest BCUT2D eigenvalue weighted by atomic mass is 10.3. The van der Waals surface area contributed by atoms with Crippen molar-refractivity contribution in [2.24, 2.45) is 5.16 Å². The van der Waals surface area contributed by atoms with Crippen LogP contribution in [0.15, 0.2) is 10.5 Å². The summed E-state index contributed by atoms with van der Waals surface area (Å²) in [6.45, 7) is 5.12. The average molecular weight is 292 g/mol. The van der Waals surface area contributed by atoms with Gasteiger partial charge in [-0.15, -0.1) is 11.3 Å². The van der Waals surface area contributed by atoms with Crippen molar-refractivity contribution >= 4 is 32.4 Å². The first kappa shape index (κ1) is 14.9. The van der Waals surface area contributed by atoms with Crippen molar-refractivity contribution < 1.29 is 13.6 Å². The van der Waals surface area contributed by atoms with Crippen LogP contribution in [0.1, 0.15) is 26.5 Å². The minimum absolute atomic E-state index is 0.150. The van der Waals surface area contributed by atoms with Gasteiger partial charge < -0.3 is 5.21 Å². The molecule has 0 amide bonds. The highest BCUT2D eigenvalue weighted by molar-refractivity contribution is 7.90. The molecular weight excluding hydrogens is 276 g/mol. The van der Waals surface area contributed by atoms with Crippen molar-refractivity contribution in [3.63, 3.8) is 0 Å². The van der Waals surface area contributed by atoms with Gasteiger partial charge >= 0.3 is 10.2 Å². The van der Waals surface area contributed by atoms with E-state index in [9.17, 15) is 8.42 Å². The molecular formula is C9H16N4O3S2. The minimum Gasteiger partial charge on any atom is -0.411 e. The third-order valence-corrected chi connectivity index (χ3v) is 4.87. The molecule has 102 valence electrons. The van der Waals surface area contributed by atoms with Crippen LogP contribution in [0.3, 0.4) is 0 Å². The van der Waals surface area contributed by atoms with Crippen LogP contribution in [0.25, 0.3) is 0 Å². The topological polar surface area (TPSA) is 94.9 Å². The summed E-state index contributed by atoms with van der Waals surface area (Å²) in [4.78, 5) is 4.02. The van der Waals surface area contributed by atoms with Gasteiger partial charge in [0.05, 0.1) is 0 Å². The summed E-state index contributed by atoms with van der Waals surface area (Å²) in [5.74, 6) is 0. The fourth-order valence-corrected chi connectivity index (χ4v) is 3.07. The van der Waals surface area contributed by atoms with E-state index >= 15 is 0 Å². The Bertz CT molecular complexity index is 536. The number of hydrogen-bond donors (Lipinski definition) is 2. The largest absolute Gasteiger partial charge is 0.411 e. The monoisotopic (exact) mass is 292 g/mol. The molecule has 0 saturated carbocycles. The standard InChI is InChI=1S/C9H16N4O3S2/c1-6(2)13(4)18(15,16)12-9-10-8(5-17-9)7(3)11-14/h5-6,14H,1-4H3,(H,10,12). The van der Waals surface area contributed by atoms with Crippen LogP contribution in [-0.2, 0) is 10.2 Å². The van der Waals surface area contributed by atoms with Gasteiger partial charge in [0.1, 0.15) is 11.4 Å². The molecule has 0 aliphatic heterocycles. The molecule has 0 aromatic carbocycles. The number of rotatable bonds is 5. The van der Waals surface area contributed by atoms with E-state index in [2.05, 4.69) is 14.9 Å². The summed E-state index contributed by atoms with van der Waals surface area (Å²) >= 11 is 1.13. The van der Waals surface area contributed by atoms with Gasteiger partial charge in [-0.25, -0.2) is 9.71 Å². The minimum atomic E-state index is -3.60. The summed E-state index contributed by atoms with van der Waals surface area (Å²) in [6, 6.07) is -0.150. The Hall–Kier alpha value is -1.19. The number of nitrogens with one attached hydrogen (secondary N) is 1. The summed E-state index contributed by atoms with van der Waals surface area (Å²) in [5.41, 5.74) is 0.765. The molecule has 0 radical (unpaired) electrons. The first-order valence-electron chi connectivity index (χ1n) is 5.18. The maximum absolute atomic E-state index is 11.9. The normalized spacial score (nSPS) is 13.3. The maximum Gasteiger partial charge on any atom is 0.303 e. The summed E-state index contributed by atoms with van der Waals surface area (Å²) in [7, 11) is -2.11. The first-order valence-corrected chi connectivity index (χ1v) is 7.50.